The molecule has 1 aromatic carbocycles. The number of nitrogens with one attached hydrogen (secondary N) is 1. The maximum absolute atomic E-state index is 12.5. The number of fused-ring (bicyclic) bond motifs is 1. The van der Waals surface area contributed by atoms with Gasteiger partial charge in [-0.05, 0) is 35.7 Å². The molecular weight excluding hydrogens is 411 g/mol. The number of aromatic nitrogens is 5. The summed E-state index contributed by atoms with van der Waals surface area (Å²) in [5, 5.41) is 0. The van der Waals surface area contributed by atoms with Gasteiger partial charge in [-0.1, -0.05) is 18.2 Å². The zero-order chi connectivity index (χ0) is 21.8. The number of aromatic amines is 1. The Kier molecular flexibility index (Phi) is 5.61. The van der Waals surface area contributed by atoms with Gasteiger partial charge < -0.3 is 9.72 Å². The molecule has 0 fully saturated rings. The highest BCUT2D eigenvalue weighted by Crippen LogP contribution is 2.27. The number of H-pyrrole nitrogens is 1. The van der Waals surface area contributed by atoms with Crippen molar-refractivity contribution in [3.63, 3.8) is 0 Å². The van der Waals surface area contributed by atoms with Crippen LogP contribution in [-0.4, -0.2) is 30.7 Å². The van der Waals surface area contributed by atoms with Gasteiger partial charge in [-0.15, -0.1) is 0 Å². The van der Waals surface area contributed by atoms with E-state index in [0.29, 0.717) is 34.8 Å². The van der Waals surface area contributed by atoms with E-state index in [9.17, 15) is 18.0 Å². The summed E-state index contributed by atoms with van der Waals surface area (Å²) in [5.74, 6) is 0.863. The Labute approximate surface area is 174 Å². The quantitative estimate of drug-likeness (QED) is 0.473. The number of imidazole rings is 1. The Morgan fingerprint density at radius 3 is 2.45 bits per heavy atom. The van der Waals surface area contributed by atoms with E-state index in [1.807, 2.05) is 0 Å². The number of aryl methyl sites for hydroxylation is 1. The van der Waals surface area contributed by atoms with Crippen LogP contribution in [0.4, 0.5) is 13.2 Å². The molecule has 0 aliphatic rings. The fourth-order valence-corrected chi connectivity index (χ4v) is 2.95. The second-order valence-electron chi connectivity index (χ2n) is 6.79. The summed E-state index contributed by atoms with van der Waals surface area (Å²) in [6.45, 7) is 0. The lowest BCUT2D eigenvalue weighted by atomic mass is 10.0. The molecule has 0 spiro atoms. The number of alkyl halides is 3. The molecule has 4 rings (SSSR count). The minimum Gasteiger partial charge on any atom is -0.437 e. The normalized spacial score (nSPS) is 11.6. The molecule has 10 heteroatoms. The van der Waals surface area contributed by atoms with Crippen molar-refractivity contribution in [2.75, 3.05) is 0 Å². The molecule has 1 N–H and O–H groups in total. The van der Waals surface area contributed by atoms with Crippen LogP contribution < -0.4 is 4.74 Å². The van der Waals surface area contributed by atoms with Gasteiger partial charge in [0, 0.05) is 19.0 Å². The molecule has 0 aliphatic carbocycles. The van der Waals surface area contributed by atoms with E-state index >= 15 is 0 Å². The summed E-state index contributed by atoms with van der Waals surface area (Å²) in [6, 6.07) is 9.28. The van der Waals surface area contributed by atoms with Crippen molar-refractivity contribution in [2.24, 2.45) is 0 Å². The van der Waals surface area contributed by atoms with Crippen molar-refractivity contribution in [3.05, 3.63) is 72.1 Å². The van der Waals surface area contributed by atoms with Gasteiger partial charge in [0.05, 0.1) is 6.33 Å². The fraction of sp³-hybridized carbons (Fsp3) is 0.190. The summed E-state index contributed by atoms with van der Waals surface area (Å²) in [4.78, 5) is 30.7. The van der Waals surface area contributed by atoms with Gasteiger partial charge in [0.15, 0.2) is 5.65 Å². The highest BCUT2D eigenvalue weighted by atomic mass is 19.4. The number of halogens is 3. The van der Waals surface area contributed by atoms with E-state index in [2.05, 4.69) is 24.9 Å². The number of nitrogens with zero attached hydrogens (tertiary/aromatic N) is 4. The summed E-state index contributed by atoms with van der Waals surface area (Å²) < 4.78 is 43.4. The number of carbonyl (C=O) groups is 1. The molecule has 0 amide bonds. The van der Waals surface area contributed by atoms with E-state index in [1.54, 1.807) is 24.3 Å². The highest BCUT2D eigenvalue weighted by molar-refractivity contribution is 5.81. The van der Waals surface area contributed by atoms with Crippen LogP contribution >= 0.6 is 0 Å². The molecule has 31 heavy (non-hydrogen) atoms. The summed E-state index contributed by atoms with van der Waals surface area (Å²) >= 11 is 0. The number of hydrogen-bond donors (Lipinski definition) is 1. The molecule has 7 nitrogen and oxygen atoms in total. The average molecular weight is 427 g/mol. The largest absolute Gasteiger partial charge is 0.437 e. The van der Waals surface area contributed by atoms with Crippen LogP contribution in [0.1, 0.15) is 23.2 Å². The number of Topliss-reactive ketones (excluding diaryl/α,β-unsaturated/α-hetero) is 1. The Morgan fingerprint density at radius 1 is 0.968 bits per heavy atom. The van der Waals surface area contributed by atoms with E-state index in [0.717, 1.165) is 17.8 Å². The van der Waals surface area contributed by atoms with Gasteiger partial charge in [-0.25, -0.2) is 9.97 Å². The van der Waals surface area contributed by atoms with Crippen molar-refractivity contribution >= 4 is 16.9 Å². The van der Waals surface area contributed by atoms with Crippen LogP contribution in [0.15, 0.2) is 55.2 Å². The molecule has 0 unspecified atom stereocenters. The summed E-state index contributed by atoms with van der Waals surface area (Å²) in [6.07, 6.45) is 0.309. The van der Waals surface area contributed by atoms with Crippen molar-refractivity contribution in [1.29, 1.82) is 0 Å². The third kappa shape index (κ3) is 5.03. The smallest absolute Gasteiger partial charge is 0.433 e. The van der Waals surface area contributed by atoms with Crippen LogP contribution in [0.3, 0.4) is 0 Å². The molecule has 0 radical (unpaired) electrons. The first-order valence-electron chi connectivity index (χ1n) is 9.33. The standard InChI is InChI=1S/C21H16F3N5O2/c22-21(23,24)17-8-4-14(10-25-17)1-5-15(30)9-13-2-6-16(7-3-13)31-20-18-19(27-11-26-18)28-12-29-20/h2-4,6-8,10-12H,1,5,9H2,(H,26,27,28,29). The van der Waals surface area contributed by atoms with Crippen molar-refractivity contribution in [2.45, 2.75) is 25.4 Å². The third-order valence-corrected chi connectivity index (χ3v) is 4.54. The van der Waals surface area contributed by atoms with Crippen LogP contribution in [0.5, 0.6) is 11.6 Å². The number of benzene rings is 1. The predicted molar refractivity (Wildman–Crippen MR) is 104 cm³/mol. The van der Waals surface area contributed by atoms with Crippen LogP contribution in [0, 0.1) is 0 Å². The molecule has 3 aromatic heterocycles. The lowest BCUT2D eigenvalue weighted by Crippen LogP contribution is -2.08. The van der Waals surface area contributed by atoms with Gasteiger partial charge in [0.25, 0.3) is 0 Å². The number of pyridine rings is 1. The summed E-state index contributed by atoms with van der Waals surface area (Å²) in [5.41, 5.74) is 1.52. The zero-order valence-electron chi connectivity index (χ0n) is 16.1. The van der Waals surface area contributed by atoms with Gasteiger partial charge >= 0.3 is 6.18 Å². The summed E-state index contributed by atoms with van der Waals surface area (Å²) in [7, 11) is 0. The first-order chi connectivity index (χ1) is 14.9. The van der Waals surface area contributed by atoms with Crippen LogP contribution in [-0.2, 0) is 23.8 Å². The predicted octanol–water partition coefficient (Wildman–Crippen LogP) is 4.30. The van der Waals surface area contributed by atoms with Crippen LogP contribution in [0.25, 0.3) is 11.2 Å². The number of hydrogen-bond acceptors (Lipinski definition) is 6. The van der Waals surface area contributed by atoms with E-state index in [-0.39, 0.29) is 18.6 Å². The first-order valence-corrected chi connectivity index (χ1v) is 9.33. The second-order valence-corrected chi connectivity index (χ2v) is 6.79. The second kappa shape index (κ2) is 8.50. The zero-order valence-corrected chi connectivity index (χ0v) is 16.1. The molecule has 0 saturated carbocycles. The van der Waals surface area contributed by atoms with E-state index in [4.69, 9.17) is 4.74 Å². The Hall–Kier alpha value is -3.82. The van der Waals surface area contributed by atoms with Crippen molar-refractivity contribution in [1.82, 2.24) is 24.9 Å². The first kappa shape index (κ1) is 20.5. The minimum absolute atomic E-state index is 0.0245. The lowest BCUT2D eigenvalue weighted by molar-refractivity contribution is -0.141. The van der Waals surface area contributed by atoms with Gasteiger partial charge in [-0.3, -0.25) is 9.78 Å². The molecule has 4 aromatic rings. The molecule has 0 atom stereocenters. The minimum atomic E-state index is -4.47. The lowest BCUT2D eigenvalue weighted by Gasteiger charge is -2.07. The Morgan fingerprint density at radius 2 is 1.74 bits per heavy atom. The van der Waals surface area contributed by atoms with E-state index in [1.165, 1.54) is 18.7 Å². The third-order valence-electron chi connectivity index (χ3n) is 4.54. The number of carbonyl (C=O) groups excluding carboxylic acids is 1. The number of rotatable bonds is 7. The van der Waals surface area contributed by atoms with Crippen molar-refractivity contribution in [3.8, 4) is 11.6 Å². The molecule has 0 aliphatic heterocycles. The number of ketones is 1. The van der Waals surface area contributed by atoms with Crippen LogP contribution in [0.2, 0.25) is 0 Å². The Balaban J connectivity index is 1.31. The maximum Gasteiger partial charge on any atom is 0.433 e. The molecule has 3 heterocycles. The monoisotopic (exact) mass is 427 g/mol. The Bertz CT molecular complexity index is 1190. The molecule has 0 bridgehead atoms. The number of ether oxygens (including phenoxy) is 1. The SMILES string of the molecule is O=C(CCc1ccc(C(F)(F)F)nc1)Cc1ccc(Oc2ncnc3nc[nH]c23)cc1. The highest BCUT2D eigenvalue weighted by Gasteiger charge is 2.31. The van der Waals surface area contributed by atoms with E-state index < -0.39 is 11.9 Å². The van der Waals surface area contributed by atoms with Gasteiger partial charge in [-0.2, -0.15) is 18.2 Å². The van der Waals surface area contributed by atoms with Crippen molar-refractivity contribution < 1.29 is 22.7 Å². The maximum atomic E-state index is 12.5. The fourth-order valence-electron chi connectivity index (χ4n) is 2.95. The van der Waals surface area contributed by atoms with Gasteiger partial charge in [0.1, 0.15) is 29.1 Å². The average Bonchev–Trinajstić information content (AvgIpc) is 3.23. The topological polar surface area (TPSA) is 93.7 Å². The molecular formula is C21H16F3N5O2. The molecule has 158 valence electrons. The molecule has 0 saturated heterocycles. The van der Waals surface area contributed by atoms with Gasteiger partial charge in [0.2, 0.25) is 5.88 Å².